The Morgan fingerprint density at radius 2 is 1.85 bits per heavy atom. The van der Waals surface area contributed by atoms with Crippen LogP contribution in [0.3, 0.4) is 0 Å². The van der Waals surface area contributed by atoms with Gasteiger partial charge in [0, 0.05) is 48.3 Å². The molecule has 1 aromatic heterocycles. The van der Waals surface area contributed by atoms with Crippen LogP contribution in [0.15, 0.2) is 65.8 Å². The predicted molar refractivity (Wildman–Crippen MR) is 152 cm³/mol. The van der Waals surface area contributed by atoms with Crippen LogP contribution in [0, 0.1) is 5.82 Å². The van der Waals surface area contributed by atoms with E-state index in [9.17, 15) is 9.18 Å². The van der Waals surface area contributed by atoms with Gasteiger partial charge >= 0.3 is 6.03 Å². The smallest absolute Gasteiger partial charge is 0.323 e. The van der Waals surface area contributed by atoms with Crippen LogP contribution >= 0.6 is 0 Å². The molecule has 0 radical (unpaired) electrons. The molecule has 8 N–H and O–H groups in total. The van der Waals surface area contributed by atoms with Crippen LogP contribution in [0.25, 0.3) is 11.3 Å². The lowest BCUT2D eigenvalue weighted by Gasteiger charge is -2.36. The zero-order valence-electron chi connectivity index (χ0n) is 21.8. The Labute approximate surface area is 226 Å². The largest absolute Gasteiger partial charge is 0.383 e. The molecule has 4 rings (SSSR count). The summed E-state index contributed by atoms with van der Waals surface area (Å²) in [5.74, 6) is 11.8. The number of piperidine rings is 1. The van der Waals surface area contributed by atoms with Gasteiger partial charge in [-0.3, -0.25) is 0 Å². The second-order valence-corrected chi connectivity index (χ2v) is 9.02. The fourth-order valence-corrected chi connectivity index (χ4v) is 4.59. The first-order valence-corrected chi connectivity index (χ1v) is 12.7. The topological polar surface area (TPSA) is 155 Å². The molecule has 0 spiro atoms. The maximum Gasteiger partial charge on any atom is 0.323 e. The number of nitrogens with zero attached hydrogens (tertiary/aromatic N) is 3. The first-order chi connectivity index (χ1) is 19.0. The number of methoxy groups -OCH3 is 1. The minimum Gasteiger partial charge on any atom is -0.383 e. The summed E-state index contributed by atoms with van der Waals surface area (Å²) in [6, 6.07) is 16.4. The van der Waals surface area contributed by atoms with E-state index in [4.69, 9.17) is 21.4 Å². The highest BCUT2D eigenvalue weighted by atomic mass is 19.1. The number of anilines is 3. The molecule has 39 heavy (non-hydrogen) atoms. The number of pyridine rings is 1. The molecule has 0 saturated carbocycles. The van der Waals surface area contributed by atoms with Crippen LogP contribution in [0.1, 0.15) is 18.4 Å². The number of carbonyl (C=O) groups is 1. The molecule has 1 aliphatic heterocycles. The Kier molecular flexibility index (Phi) is 9.62. The monoisotopic (exact) mass is 535 g/mol. The number of amides is 2. The molecule has 2 heterocycles. The van der Waals surface area contributed by atoms with Gasteiger partial charge in [0.25, 0.3) is 0 Å². The molecule has 3 aromatic rings. The average molecular weight is 536 g/mol. The lowest BCUT2D eigenvalue weighted by atomic mass is 10.0. The van der Waals surface area contributed by atoms with E-state index >= 15 is 0 Å². The van der Waals surface area contributed by atoms with E-state index in [1.165, 1.54) is 24.3 Å². The number of hydrogen-bond acceptors (Lipinski definition) is 8. The summed E-state index contributed by atoms with van der Waals surface area (Å²) in [7, 11) is 1.67. The van der Waals surface area contributed by atoms with Gasteiger partial charge in [0.15, 0.2) is 5.84 Å². The van der Waals surface area contributed by atoms with Crippen molar-refractivity contribution in [3.63, 3.8) is 0 Å². The zero-order valence-corrected chi connectivity index (χ0v) is 21.8. The normalized spacial score (nSPS) is 14.1. The van der Waals surface area contributed by atoms with Crippen LogP contribution in [0.2, 0.25) is 0 Å². The predicted octanol–water partition coefficient (Wildman–Crippen LogP) is 2.82. The van der Waals surface area contributed by atoms with Crippen molar-refractivity contribution >= 4 is 29.1 Å². The molecule has 1 fully saturated rings. The summed E-state index contributed by atoms with van der Waals surface area (Å²) >= 11 is 0. The third kappa shape index (κ3) is 7.19. The number of urea groups is 1. The lowest BCUT2D eigenvalue weighted by Crippen LogP contribution is -2.45. The molecule has 2 aromatic carbocycles. The van der Waals surface area contributed by atoms with Gasteiger partial charge < -0.3 is 36.9 Å². The number of hydrazone groups is 1. The minimum absolute atomic E-state index is 0.243. The van der Waals surface area contributed by atoms with Gasteiger partial charge in [0.2, 0.25) is 0 Å². The molecule has 11 nitrogen and oxygen atoms in total. The number of halogens is 1. The third-order valence-corrected chi connectivity index (χ3v) is 6.48. The fraction of sp³-hybridized carbons (Fsp3) is 0.296. The number of rotatable bonds is 9. The minimum atomic E-state index is -0.476. The van der Waals surface area contributed by atoms with E-state index in [0.717, 1.165) is 31.5 Å². The molecule has 0 atom stereocenters. The van der Waals surface area contributed by atoms with Crippen molar-refractivity contribution in [3.05, 3.63) is 72.0 Å². The highest BCUT2D eigenvalue weighted by molar-refractivity contribution is 6.04. The number of amidine groups is 1. The molecular weight excluding hydrogens is 501 g/mol. The number of nitrogens with two attached hydrogens (primary N) is 2. The highest BCUT2D eigenvalue weighted by Gasteiger charge is 2.24. The summed E-state index contributed by atoms with van der Waals surface area (Å²) < 4.78 is 18.7. The SMILES string of the molecule is COCCN(c1cc(NC(=O)Nc2ccc(F)cc2)cc(-c2ccccc2/C(=N/N)NN)n1)C1CCNCC1. The van der Waals surface area contributed by atoms with Crippen LogP contribution < -0.4 is 38.0 Å². The number of benzene rings is 2. The third-order valence-electron chi connectivity index (χ3n) is 6.48. The molecule has 0 bridgehead atoms. The van der Waals surface area contributed by atoms with Gasteiger partial charge in [-0.2, -0.15) is 5.10 Å². The van der Waals surface area contributed by atoms with Crippen molar-refractivity contribution < 1.29 is 13.9 Å². The van der Waals surface area contributed by atoms with Crippen LogP contribution in [-0.4, -0.2) is 56.2 Å². The van der Waals surface area contributed by atoms with Gasteiger partial charge in [-0.05, 0) is 56.3 Å². The first-order valence-electron chi connectivity index (χ1n) is 12.7. The van der Waals surface area contributed by atoms with E-state index in [1.807, 2.05) is 30.3 Å². The number of aromatic nitrogens is 1. The van der Waals surface area contributed by atoms with E-state index < -0.39 is 6.03 Å². The molecule has 2 amide bonds. The first kappa shape index (κ1) is 27.8. The number of nitrogens with one attached hydrogen (secondary N) is 4. The van der Waals surface area contributed by atoms with Crippen LogP contribution in [0.5, 0.6) is 0 Å². The Balaban J connectivity index is 1.75. The fourth-order valence-electron chi connectivity index (χ4n) is 4.59. The van der Waals surface area contributed by atoms with Gasteiger partial charge in [-0.1, -0.05) is 24.3 Å². The van der Waals surface area contributed by atoms with Crippen LogP contribution in [0.4, 0.5) is 26.4 Å². The zero-order chi connectivity index (χ0) is 27.6. The van der Waals surface area contributed by atoms with Gasteiger partial charge in [-0.25, -0.2) is 20.0 Å². The molecule has 1 saturated heterocycles. The van der Waals surface area contributed by atoms with Crippen molar-refractivity contribution in [2.45, 2.75) is 18.9 Å². The van der Waals surface area contributed by atoms with Crippen molar-refractivity contribution in [2.75, 3.05) is 48.9 Å². The van der Waals surface area contributed by atoms with E-state index in [0.29, 0.717) is 41.6 Å². The van der Waals surface area contributed by atoms with Crippen molar-refractivity contribution in [3.8, 4) is 11.3 Å². The van der Waals surface area contributed by atoms with Crippen molar-refractivity contribution in [1.29, 1.82) is 0 Å². The molecule has 206 valence electrons. The van der Waals surface area contributed by atoms with E-state index in [-0.39, 0.29) is 17.7 Å². The Hall–Kier alpha value is -4.26. The number of hydrogen-bond donors (Lipinski definition) is 6. The Morgan fingerprint density at radius 3 is 2.54 bits per heavy atom. The number of carbonyl (C=O) groups excluding carboxylic acids is 1. The average Bonchev–Trinajstić information content (AvgIpc) is 2.96. The summed E-state index contributed by atoms with van der Waals surface area (Å²) in [4.78, 5) is 20.1. The molecule has 12 heteroatoms. The molecular formula is C27H34FN9O2. The maximum atomic E-state index is 13.3. The summed E-state index contributed by atoms with van der Waals surface area (Å²) in [6.07, 6.45) is 1.89. The van der Waals surface area contributed by atoms with Gasteiger partial charge in [0.05, 0.1) is 12.3 Å². The van der Waals surface area contributed by atoms with Gasteiger partial charge in [-0.15, -0.1) is 0 Å². The number of ether oxygens (including phenoxy) is 1. The van der Waals surface area contributed by atoms with E-state index in [2.05, 4.69) is 31.4 Å². The second kappa shape index (κ2) is 13.5. The molecule has 1 aliphatic rings. The second-order valence-electron chi connectivity index (χ2n) is 9.02. The lowest BCUT2D eigenvalue weighted by molar-refractivity contribution is 0.201. The van der Waals surface area contributed by atoms with Crippen molar-refractivity contribution in [1.82, 2.24) is 15.7 Å². The Bertz CT molecular complexity index is 1280. The maximum absolute atomic E-state index is 13.3. The molecule has 0 unspecified atom stereocenters. The Morgan fingerprint density at radius 1 is 1.13 bits per heavy atom. The summed E-state index contributed by atoms with van der Waals surface area (Å²) in [5, 5.41) is 12.8. The quantitative estimate of drug-likeness (QED) is 0.106. The van der Waals surface area contributed by atoms with Crippen LogP contribution in [-0.2, 0) is 4.74 Å². The summed E-state index contributed by atoms with van der Waals surface area (Å²) in [6.45, 7) is 2.95. The highest BCUT2D eigenvalue weighted by Crippen LogP contribution is 2.30. The van der Waals surface area contributed by atoms with Crippen molar-refractivity contribution in [2.24, 2.45) is 16.8 Å². The number of hydrazine groups is 1. The summed E-state index contributed by atoms with van der Waals surface area (Å²) in [5.41, 5.74) is 5.48. The van der Waals surface area contributed by atoms with E-state index in [1.54, 1.807) is 13.2 Å². The van der Waals surface area contributed by atoms with Gasteiger partial charge in [0.1, 0.15) is 11.6 Å². The standard InChI is InChI=1S/C27H34FN9O2/c1-39-15-14-37(21-10-12-31-13-11-21)25-17-20(33-27(38)32-19-8-6-18(28)7-9-19)16-24(34-25)22-4-2-3-5-23(22)26(35-29)36-30/h2-9,16-17,21,31H,10-15,29-30H2,1H3,(H,35,36)(H2,32,33,34,38). The molecule has 0 aliphatic carbocycles.